The molecule has 0 saturated carbocycles. The quantitative estimate of drug-likeness (QED) is 0.471. The standard InChI is InChI=1S/C26H25N3O6/c1-30-20-7-14(8-21(31-2)25(20)34-5)16-11-17(19(13-28)24(29)18(16)12-27)15-9-22(32-3)26(35-6)23(10-15)33-4/h7-11H,29H2,1-6H3. The lowest BCUT2D eigenvalue weighted by Crippen LogP contribution is -2.02. The molecule has 0 radical (unpaired) electrons. The van der Waals surface area contributed by atoms with Crippen LogP contribution in [0.1, 0.15) is 11.1 Å². The maximum Gasteiger partial charge on any atom is 0.203 e. The molecule has 0 saturated heterocycles. The van der Waals surface area contributed by atoms with Crippen LogP contribution in [0.5, 0.6) is 34.5 Å². The highest BCUT2D eigenvalue weighted by Gasteiger charge is 2.23. The third-order valence-corrected chi connectivity index (χ3v) is 5.54. The van der Waals surface area contributed by atoms with E-state index in [0.717, 1.165) is 0 Å². The van der Waals surface area contributed by atoms with E-state index in [2.05, 4.69) is 12.1 Å². The van der Waals surface area contributed by atoms with Gasteiger partial charge in [0, 0.05) is 11.1 Å². The average molecular weight is 476 g/mol. The molecule has 3 aromatic carbocycles. The van der Waals surface area contributed by atoms with Gasteiger partial charge in [-0.05, 0) is 41.5 Å². The monoisotopic (exact) mass is 475 g/mol. The third kappa shape index (κ3) is 4.28. The number of ether oxygens (including phenoxy) is 6. The summed E-state index contributed by atoms with van der Waals surface area (Å²) in [7, 11) is 9.01. The lowest BCUT2D eigenvalue weighted by atomic mass is 9.89. The number of hydrogen-bond donors (Lipinski definition) is 1. The summed E-state index contributed by atoms with van der Waals surface area (Å²) in [6.07, 6.45) is 0. The molecule has 2 N–H and O–H groups in total. The van der Waals surface area contributed by atoms with E-state index in [4.69, 9.17) is 34.2 Å². The van der Waals surface area contributed by atoms with Crippen LogP contribution in [0.4, 0.5) is 5.69 Å². The number of nitriles is 2. The van der Waals surface area contributed by atoms with Crippen LogP contribution in [-0.4, -0.2) is 42.7 Å². The molecule has 0 atom stereocenters. The lowest BCUT2D eigenvalue weighted by Gasteiger charge is -2.18. The summed E-state index contributed by atoms with van der Waals surface area (Å²) in [5, 5.41) is 19.9. The Bertz CT molecular complexity index is 1200. The summed E-state index contributed by atoms with van der Waals surface area (Å²) in [6.45, 7) is 0. The Kier molecular flexibility index (Phi) is 7.43. The maximum atomic E-state index is 9.95. The highest BCUT2D eigenvalue weighted by molar-refractivity contribution is 5.90. The van der Waals surface area contributed by atoms with E-state index in [1.165, 1.54) is 42.7 Å². The molecule has 3 aromatic rings. The third-order valence-electron chi connectivity index (χ3n) is 5.54. The summed E-state index contributed by atoms with van der Waals surface area (Å²) < 4.78 is 32.7. The van der Waals surface area contributed by atoms with Gasteiger partial charge in [0.05, 0.1) is 59.5 Å². The van der Waals surface area contributed by atoms with Crippen molar-refractivity contribution < 1.29 is 28.4 Å². The van der Waals surface area contributed by atoms with Gasteiger partial charge in [0.15, 0.2) is 23.0 Å². The second kappa shape index (κ2) is 10.4. The van der Waals surface area contributed by atoms with Crippen molar-refractivity contribution >= 4 is 5.69 Å². The molecule has 0 aliphatic carbocycles. The molecule has 3 rings (SSSR count). The number of methoxy groups -OCH3 is 6. The first-order valence-corrected chi connectivity index (χ1v) is 10.3. The fourth-order valence-corrected chi connectivity index (χ4v) is 3.87. The zero-order chi connectivity index (χ0) is 25.7. The second-order valence-electron chi connectivity index (χ2n) is 7.19. The molecular formula is C26H25N3O6. The number of nitrogens with two attached hydrogens (primary N) is 1. The molecular weight excluding hydrogens is 450 g/mol. The van der Waals surface area contributed by atoms with Crippen molar-refractivity contribution in [3.8, 4) is 68.9 Å². The largest absolute Gasteiger partial charge is 0.493 e. The highest BCUT2D eigenvalue weighted by atomic mass is 16.5. The number of benzene rings is 3. The van der Waals surface area contributed by atoms with Crippen LogP contribution in [0.2, 0.25) is 0 Å². The number of hydrogen-bond acceptors (Lipinski definition) is 9. The van der Waals surface area contributed by atoms with Crippen molar-refractivity contribution in [3.63, 3.8) is 0 Å². The minimum absolute atomic E-state index is 0.0463. The Morgan fingerprint density at radius 1 is 0.543 bits per heavy atom. The van der Waals surface area contributed by atoms with Gasteiger partial charge < -0.3 is 34.2 Å². The Morgan fingerprint density at radius 3 is 1.09 bits per heavy atom. The molecule has 0 aromatic heterocycles. The van der Waals surface area contributed by atoms with E-state index in [-0.39, 0.29) is 16.8 Å². The van der Waals surface area contributed by atoms with Crippen LogP contribution in [0, 0.1) is 22.7 Å². The van der Waals surface area contributed by atoms with Gasteiger partial charge in [0.1, 0.15) is 12.1 Å². The predicted octanol–water partition coefficient (Wildman–Crippen LogP) is 4.40. The van der Waals surface area contributed by atoms with Gasteiger partial charge in [0.2, 0.25) is 11.5 Å². The van der Waals surface area contributed by atoms with E-state index >= 15 is 0 Å². The van der Waals surface area contributed by atoms with Crippen molar-refractivity contribution in [1.82, 2.24) is 0 Å². The molecule has 9 nitrogen and oxygen atoms in total. The minimum Gasteiger partial charge on any atom is -0.493 e. The fraction of sp³-hybridized carbons (Fsp3) is 0.231. The van der Waals surface area contributed by atoms with Gasteiger partial charge in [-0.2, -0.15) is 10.5 Å². The molecule has 0 aliphatic rings. The number of nitrogen functional groups attached to an aromatic ring is 1. The number of anilines is 1. The zero-order valence-corrected chi connectivity index (χ0v) is 20.3. The summed E-state index contributed by atoms with van der Waals surface area (Å²) in [5.74, 6) is 2.43. The number of nitrogens with zero attached hydrogens (tertiary/aromatic N) is 2. The van der Waals surface area contributed by atoms with E-state index in [0.29, 0.717) is 56.8 Å². The summed E-state index contributed by atoms with van der Waals surface area (Å²) in [4.78, 5) is 0. The molecule has 180 valence electrons. The van der Waals surface area contributed by atoms with Gasteiger partial charge in [-0.3, -0.25) is 0 Å². The Balaban J connectivity index is 2.42. The average Bonchev–Trinajstić information content (AvgIpc) is 2.90. The Hall–Kier alpha value is -4.76. The summed E-state index contributed by atoms with van der Waals surface area (Å²) in [5.41, 5.74) is 8.82. The summed E-state index contributed by atoms with van der Waals surface area (Å²) in [6, 6.07) is 12.8. The molecule has 0 aliphatic heterocycles. The molecule has 9 heteroatoms. The fourth-order valence-electron chi connectivity index (χ4n) is 3.87. The van der Waals surface area contributed by atoms with Crippen molar-refractivity contribution in [2.75, 3.05) is 48.4 Å². The van der Waals surface area contributed by atoms with E-state index in [9.17, 15) is 10.5 Å². The van der Waals surface area contributed by atoms with Crippen molar-refractivity contribution in [3.05, 3.63) is 41.5 Å². The molecule has 0 fully saturated rings. The van der Waals surface area contributed by atoms with Crippen molar-refractivity contribution in [2.45, 2.75) is 0 Å². The van der Waals surface area contributed by atoms with Gasteiger partial charge in [0.25, 0.3) is 0 Å². The van der Waals surface area contributed by atoms with Gasteiger partial charge in [-0.25, -0.2) is 0 Å². The highest BCUT2D eigenvalue weighted by Crippen LogP contribution is 2.46. The molecule has 35 heavy (non-hydrogen) atoms. The van der Waals surface area contributed by atoms with Crippen molar-refractivity contribution in [1.29, 1.82) is 10.5 Å². The van der Waals surface area contributed by atoms with Gasteiger partial charge in [-0.15, -0.1) is 0 Å². The molecule has 0 unspecified atom stereocenters. The lowest BCUT2D eigenvalue weighted by molar-refractivity contribution is 0.324. The molecule has 0 bridgehead atoms. The maximum absolute atomic E-state index is 9.95. The van der Waals surface area contributed by atoms with Crippen LogP contribution in [0.15, 0.2) is 30.3 Å². The Morgan fingerprint density at radius 2 is 0.857 bits per heavy atom. The molecule has 0 heterocycles. The minimum atomic E-state index is 0.0463. The van der Waals surface area contributed by atoms with Gasteiger partial charge >= 0.3 is 0 Å². The molecule has 0 amide bonds. The van der Waals surface area contributed by atoms with E-state index in [1.54, 1.807) is 30.3 Å². The van der Waals surface area contributed by atoms with Crippen molar-refractivity contribution in [2.24, 2.45) is 0 Å². The SMILES string of the molecule is COc1cc(-c2cc(-c3cc(OC)c(OC)c(OC)c3)c(C#N)c(N)c2C#N)cc(OC)c1OC. The van der Waals surface area contributed by atoms with Gasteiger partial charge in [-0.1, -0.05) is 0 Å². The first-order valence-electron chi connectivity index (χ1n) is 10.3. The van der Waals surface area contributed by atoms with Crippen LogP contribution < -0.4 is 34.2 Å². The topological polar surface area (TPSA) is 129 Å². The van der Waals surface area contributed by atoms with Crippen LogP contribution in [0.25, 0.3) is 22.3 Å². The second-order valence-corrected chi connectivity index (χ2v) is 7.19. The summed E-state index contributed by atoms with van der Waals surface area (Å²) >= 11 is 0. The predicted molar refractivity (Wildman–Crippen MR) is 130 cm³/mol. The number of rotatable bonds is 8. The first kappa shape index (κ1) is 24.9. The Labute approximate surface area is 203 Å². The molecule has 0 spiro atoms. The van der Waals surface area contributed by atoms with Crippen LogP contribution in [-0.2, 0) is 0 Å². The van der Waals surface area contributed by atoms with Crippen LogP contribution >= 0.6 is 0 Å². The van der Waals surface area contributed by atoms with E-state index in [1.807, 2.05) is 0 Å². The van der Waals surface area contributed by atoms with Crippen LogP contribution in [0.3, 0.4) is 0 Å². The smallest absolute Gasteiger partial charge is 0.203 e. The van der Waals surface area contributed by atoms with E-state index < -0.39 is 0 Å². The first-order chi connectivity index (χ1) is 16.9. The normalized spacial score (nSPS) is 10.1. The zero-order valence-electron chi connectivity index (χ0n) is 20.3.